The largest absolute Gasteiger partial charge is 0.483 e. The van der Waals surface area contributed by atoms with E-state index in [0.29, 0.717) is 48.3 Å². The zero-order chi connectivity index (χ0) is 21.3. The molecule has 1 rings (SSSR count). The Balaban J connectivity index is 2.87. The van der Waals surface area contributed by atoms with Gasteiger partial charge in [-0.05, 0) is 43.4 Å². The summed E-state index contributed by atoms with van der Waals surface area (Å²) >= 11 is 0. The SMILES string of the molecule is CCCC(=O)Nc1ccc(OCC(=O)N(CC(C)C)CC(C)C)c(C(C)=O)c1. The minimum absolute atomic E-state index is 0.0983. The van der Waals surface area contributed by atoms with E-state index in [1.165, 1.54) is 6.92 Å². The molecule has 2 amide bonds. The Labute approximate surface area is 168 Å². The van der Waals surface area contributed by atoms with Gasteiger partial charge in [0.25, 0.3) is 5.91 Å². The number of carbonyl (C=O) groups is 3. The van der Waals surface area contributed by atoms with Crippen LogP contribution in [0.4, 0.5) is 5.69 Å². The van der Waals surface area contributed by atoms with E-state index in [1.54, 1.807) is 18.2 Å². The minimum Gasteiger partial charge on any atom is -0.483 e. The number of ketones is 1. The summed E-state index contributed by atoms with van der Waals surface area (Å²) in [5.41, 5.74) is 0.893. The molecular formula is C22H34N2O4. The number of nitrogens with zero attached hydrogens (tertiary/aromatic N) is 1. The molecule has 0 radical (unpaired) electrons. The molecule has 6 heteroatoms. The van der Waals surface area contributed by atoms with Crippen molar-refractivity contribution in [3.8, 4) is 5.75 Å². The maximum atomic E-state index is 12.6. The van der Waals surface area contributed by atoms with Crippen molar-refractivity contribution in [2.45, 2.75) is 54.4 Å². The van der Waals surface area contributed by atoms with Crippen LogP contribution in [0.25, 0.3) is 0 Å². The first kappa shape index (κ1) is 23.7. The van der Waals surface area contributed by atoms with E-state index in [2.05, 4.69) is 33.0 Å². The Morgan fingerprint density at radius 1 is 1.07 bits per heavy atom. The third kappa shape index (κ3) is 8.11. The molecule has 0 spiro atoms. The van der Waals surface area contributed by atoms with Gasteiger partial charge in [-0.25, -0.2) is 0 Å². The molecule has 1 aromatic rings. The van der Waals surface area contributed by atoms with Crippen LogP contribution in [0.1, 0.15) is 64.7 Å². The van der Waals surface area contributed by atoms with Gasteiger partial charge in [-0.2, -0.15) is 0 Å². The highest BCUT2D eigenvalue weighted by atomic mass is 16.5. The van der Waals surface area contributed by atoms with Crippen LogP contribution in [-0.2, 0) is 9.59 Å². The van der Waals surface area contributed by atoms with Gasteiger partial charge in [0.2, 0.25) is 5.91 Å². The Morgan fingerprint density at radius 2 is 1.68 bits per heavy atom. The number of benzene rings is 1. The highest BCUT2D eigenvalue weighted by Crippen LogP contribution is 2.24. The quantitative estimate of drug-likeness (QED) is 0.576. The summed E-state index contributed by atoms with van der Waals surface area (Å²) < 4.78 is 5.69. The fourth-order valence-corrected chi connectivity index (χ4v) is 2.85. The molecule has 0 aliphatic rings. The first-order valence-electron chi connectivity index (χ1n) is 9.99. The Bertz CT molecular complexity index is 673. The molecule has 0 saturated carbocycles. The third-order valence-corrected chi connectivity index (χ3v) is 3.99. The highest BCUT2D eigenvalue weighted by Gasteiger charge is 2.18. The van der Waals surface area contributed by atoms with Gasteiger partial charge in [0.05, 0.1) is 5.56 Å². The van der Waals surface area contributed by atoms with Crippen LogP contribution >= 0.6 is 0 Å². The predicted octanol–water partition coefficient (Wildman–Crippen LogP) is 4.15. The molecule has 0 saturated heterocycles. The number of rotatable bonds is 11. The van der Waals surface area contributed by atoms with Crippen molar-refractivity contribution in [2.24, 2.45) is 11.8 Å². The fraction of sp³-hybridized carbons (Fsp3) is 0.591. The predicted molar refractivity (Wildman–Crippen MR) is 112 cm³/mol. The number of carbonyl (C=O) groups excluding carboxylic acids is 3. The van der Waals surface area contributed by atoms with Crippen molar-refractivity contribution in [1.82, 2.24) is 4.90 Å². The van der Waals surface area contributed by atoms with E-state index in [0.717, 1.165) is 6.42 Å². The minimum atomic E-state index is -0.185. The zero-order valence-electron chi connectivity index (χ0n) is 18.0. The van der Waals surface area contributed by atoms with E-state index in [1.807, 2.05) is 11.8 Å². The summed E-state index contributed by atoms with van der Waals surface area (Å²) in [7, 11) is 0. The Morgan fingerprint density at radius 3 is 2.18 bits per heavy atom. The molecule has 28 heavy (non-hydrogen) atoms. The molecule has 156 valence electrons. The van der Waals surface area contributed by atoms with Crippen LogP contribution in [0.2, 0.25) is 0 Å². The van der Waals surface area contributed by atoms with Crippen LogP contribution in [0.15, 0.2) is 18.2 Å². The molecule has 0 heterocycles. The first-order valence-corrected chi connectivity index (χ1v) is 9.99. The van der Waals surface area contributed by atoms with Crippen molar-refractivity contribution >= 4 is 23.3 Å². The van der Waals surface area contributed by atoms with Gasteiger partial charge in [0, 0.05) is 25.2 Å². The molecule has 0 aliphatic heterocycles. The zero-order valence-corrected chi connectivity index (χ0v) is 18.0. The average Bonchev–Trinajstić information content (AvgIpc) is 2.58. The van der Waals surface area contributed by atoms with Crippen molar-refractivity contribution in [3.05, 3.63) is 23.8 Å². The Kier molecular flexibility index (Phi) is 9.69. The van der Waals surface area contributed by atoms with Gasteiger partial charge in [-0.15, -0.1) is 0 Å². The van der Waals surface area contributed by atoms with E-state index in [9.17, 15) is 14.4 Å². The van der Waals surface area contributed by atoms with Crippen molar-refractivity contribution in [2.75, 3.05) is 25.0 Å². The second kappa shape index (κ2) is 11.5. The molecule has 1 aromatic carbocycles. The number of ether oxygens (including phenoxy) is 1. The second-order valence-corrected chi connectivity index (χ2v) is 7.94. The summed E-state index contributed by atoms with van der Waals surface area (Å²) in [6, 6.07) is 4.90. The van der Waals surface area contributed by atoms with Crippen LogP contribution in [-0.4, -0.2) is 42.2 Å². The lowest BCUT2D eigenvalue weighted by atomic mass is 10.1. The molecule has 0 fully saturated rings. The topological polar surface area (TPSA) is 75.7 Å². The summed E-state index contributed by atoms with van der Waals surface area (Å²) in [5, 5.41) is 2.77. The van der Waals surface area contributed by atoms with Gasteiger partial charge in [0.15, 0.2) is 12.4 Å². The van der Waals surface area contributed by atoms with Gasteiger partial charge < -0.3 is 15.0 Å². The second-order valence-electron chi connectivity index (χ2n) is 7.94. The first-order chi connectivity index (χ1) is 13.1. The van der Waals surface area contributed by atoms with Crippen LogP contribution < -0.4 is 10.1 Å². The van der Waals surface area contributed by atoms with Crippen LogP contribution in [0.5, 0.6) is 5.75 Å². The maximum absolute atomic E-state index is 12.6. The smallest absolute Gasteiger partial charge is 0.260 e. The number of Topliss-reactive ketones (excluding diaryl/α,β-unsaturated/α-hetero) is 1. The molecule has 0 atom stereocenters. The molecule has 0 unspecified atom stereocenters. The Hall–Kier alpha value is -2.37. The fourth-order valence-electron chi connectivity index (χ4n) is 2.85. The third-order valence-electron chi connectivity index (χ3n) is 3.99. The maximum Gasteiger partial charge on any atom is 0.260 e. The van der Waals surface area contributed by atoms with Gasteiger partial charge >= 0.3 is 0 Å². The molecule has 0 bridgehead atoms. The molecular weight excluding hydrogens is 356 g/mol. The van der Waals surface area contributed by atoms with E-state index >= 15 is 0 Å². The summed E-state index contributed by atoms with van der Waals surface area (Å²) in [6.07, 6.45) is 1.17. The number of amides is 2. The summed E-state index contributed by atoms with van der Waals surface area (Å²) in [4.78, 5) is 38.2. The lowest BCUT2D eigenvalue weighted by molar-refractivity contribution is -0.134. The van der Waals surface area contributed by atoms with Gasteiger partial charge in [-0.1, -0.05) is 34.6 Å². The summed E-state index contributed by atoms with van der Waals surface area (Å²) in [6.45, 7) is 12.9. The molecule has 0 aliphatic carbocycles. The molecule has 1 N–H and O–H groups in total. The highest BCUT2D eigenvalue weighted by molar-refractivity contribution is 5.99. The average molecular weight is 391 g/mol. The number of hydrogen-bond donors (Lipinski definition) is 1. The van der Waals surface area contributed by atoms with Crippen molar-refractivity contribution in [1.29, 1.82) is 0 Å². The number of hydrogen-bond acceptors (Lipinski definition) is 4. The van der Waals surface area contributed by atoms with Crippen LogP contribution in [0, 0.1) is 11.8 Å². The summed E-state index contributed by atoms with van der Waals surface area (Å²) in [5.74, 6) is 0.692. The lowest BCUT2D eigenvalue weighted by Crippen LogP contribution is -2.39. The molecule has 6 nitrogen and oxygen atoms in total. The number of nitrogens with one attached hydrogen (secondary N) is 1. The van der Waals surface area contributed by atoms with E-state index in [-0.39, 0.29) is 24.2 Å². The van der Waals surface area contributed by atoms with Gasteiger partial charge in [-0.3, -0.25) is 14.4 Å². The number of anilines is 1. The monoisotopic (exact) mass is 390 g/mol. The van der Waals surface area contributed by atoms with Crippen molar-refractivity contribution in [3.63, 3.8) is 0 Å². The van der Waals surface area contributed by atoms with Crippen molar-refractivity contribution < 1.29 is 19.1 Å². The standard InChI is InChI=1S/C22H34N2O4/c1-7-8-21(26)23-18-9-10-20(19(11-18)17(6)25)28-14-22(27)24(12-15(2)3)13-16(4)5/h9-11,15-16H,7-8,12-14H2,1-6H3,(H,23,26). The van der Waals surface area contributed by atoms with E-state index < -0.39 is 0 Å². The molecule has 0 aromatic heterocycles. The van der Waals surface area contributed by atoms with E-state index in [4.69, 9.17) is 4.74 Å². The van der Waals surface area contributed by atoms with Gasteiger partial charge in [0.1, 0.15) is 5.75 Å². The normalized spacial score (nSPS) is 10.9. The van der Waals surface area contributed by atoms with Crippen LogP contribution in [0.3, 0.4) is 0 Å². The lowest BCUT2D eigenvalue weighted by Gasteiger charge is -2.26.